The standard InChI is InChI=1S/C11H10N2O3/c1-16-11(15)10-8-4-2-3-6-13(8)9(12-10)5-7-14/h2-4,6-7H,5H2,1H3. The van der Waals surface area contributed by atoms with Crippen LogP contribution in [0.2, 0.25) is 0 Å². The zero-order valence-corrected chi connectivity index (χ0v) is 8.71. The van der Waals surface area contributed by atoms with E-state index in [9.17, 15) is 9.59 Å². The van der Waals surface area contributed by atoms with E-state index in [1.807, 2.05) is 6.07 Å². The van der Waals surface area contributed by atoms with Gasteiger partial charge in [0.05, 0.1) is 19.0 Å². The predicted molar refractivity (Wildman–Crippen MR) is 56.3 cm³/mol. The minimum Gasteiger partial charge on any atom is -0.464 e. The van der Waals surface area contributed by atoms with Gasteiger partial charge < -0.3 is 13.9 Å². The Kier molecular flexibility index (Phi) is 2.68. The summed E-state index contributed by atoms with van der Waals surface area (Å²) in [6.07, 6.45) is 2.68. The van der Waals surface area contributed by atoms with Crippen molar-refractivity contribution in [1.82, 2.24) is 9.38 Å². The first-order valence-electron chi connectivity index (χ1n) is 4.76. The fourth-order valence-electron chi connectivity index (χ4n) is 1.57. The fourth-order valence-corrected chi connectivity index (χ4v) is 1.57. The van der Waals surface area contributed by atoms with Crippen LogP contribution < -0.4 is 0 Å². The molecule has 5 nitrogen and oxygen atoms in total. The van der Waals surface area contributed by atoms with Crippen molar-refractivity contribution < 1.29 is 14.3 Å². The van der Waals surface area contributed by atoms with Gasteiger partial charge in [0.25, 0.3) is 0 Å². The van der Waals surface area contributed by atoms with Crippen molar-refractivity contribution >= 4 is 17.8 Å². The van der Waals surface area contributed by atoms with Crippen LogP contribution in [0.1, 0.15) is 16.3 Å². The van der Waals surface area contributed by atoms with Crippen LogP contribution in [-0.2, 0) is 16.0 Å². The lowest BCUT2D eigenvalue weighted by Gasteiger charge is -1.96. The van der Waals surface area contributed by atoms with Crippen LogP contribution in [0.5, 0.6) is 0 Å². The maximum Gasteiger partial charge on any atom is 0.358 e. The normalized spacial score (nSPS) is 10.3. The molecule has 0 aliphatic rings. The molecule has 2 rings (SSSR count). The summed E-state index contributed by atoms with van der Waals surface area (Å²) in [6, 6.07) is 5.37. The molecule has 2 aromatic heterocycles. The van der Waals surface area contributed by atoms with Crippen molar-refractivity contribution in [2.75, 3.05) is 7.11 Å². The molecule has 0 saturated carbocycles. The van der Waals surface area contributed by atoms with E-state index in [0.29, 0.717) is 11.3 Å². The van der Waals surface area contributed by atoms with Crippen LogP contribution in [0.3, 0.4) is 0 Å². The highest BCUT2D eigenvalue weighted by molar-refractivity contribution is 5.95. The summed E-state index contributed by atoms with van der Waals surface area (Å²) in [5.74, 6) is 0.0341. The summed E-state index contributed by atoms with van der Waals surface area (Å²) < 4.78 is 6.34. The lowest BCUT2D eigenvalue weighted by molar-refractivity contribution is -0.107. The summed E-state index contributed by atoms with van der Waals surface area (Å²) in [5.41, 5.74) is 0.881. The topological polar surface area (TPSA) is 60.7 Å². The number of fused-ring (bicyclic) bond motifs is 1. The maximum atomic E-state index is 11.5. The van der Waals surface area contributed by atoms with E-state index in [1.54, 1.807) is 22.7 Å². The average molecular weight is 218 g/mol. The summed E-state index contributed by atoms with van der Waals surface area (Å²) >= 11 is 0. The average Bonchev–Trinajstić information content (AvgIpc) is 2.68. The van der Waals surface area contributed by atoms with Crippen LogP contribution in [0.15, 0.2) is 24.4 Å². The van der Waals surface area contributed by atoms with Crippen LogP contribution in [0.25, 0.3) is 5.52 Å². The molecule has 0 amide bonds. The van der Waals surface area contributed by atoms with E-state index in [-0.39, 0.29) is 12.1 Å². The Labute approximate surface area is 91.7 Å². The minimum absolute atomic E-state index is 0.169. The Bertz CT molecular complexity index is 545. The van der Waals surface area contributed by atoms with Crippen LogP contribution in [0.4, 0.5) is 0 Å². The summed E-state index contributed by atoms with van der Waals surface area (Å²) in [4.78, 5) is 26.1. The van der Waals surface area contributed by atoms with Gasteiger partial charge in [0, 0.05) is 6.20 Å². The molecule has 2 aromatic rings. The van der Waals surface area contributed by atoms with Gasteiger partial charge in [-0.25, -0.2) is 9.78 Å². The van der Waals surface area contributed by atoms with Crippen molar-refractivity contribution in [2.45, 2.75) is 6.42 Å². The fraction of sp³-hybridized carbons (Fsp3) is 0.182. The Morgan fingerprint density at radius 3 is 3.06 bits per heavy atom. The second kappa shape index (κ2) is 4.14. The lowest BCUT2D eigenvalue weighted by atomic mass is 10.3. The molecule has 0 aliphatic carbocycles. The summed E-state index contributed by atoms with van der Waals surface area (Å²) in [5, 5.41) is 0. The van der Waals surface area contributed by atoms with E-state index in [1.165, 1.54) is 7.11 Å². The highest BCUT2D eigenvalue weighted by Crippen LogP contribution is 2.13. The molecule has 16 heavy (non-hydrogen) atoms. The minimum atomic E-state index is -0.499. The third kappa shape index (κ3) is 1.56. The number of aldehydes is 1. The van der Waals surface area contributed by atoms with Crippen molar-refractivity contribution in [3.63, 3.8) is 0 Å². The molecule has 0 aromatic carbocycles. The number of carbonyl (C=O) groups excluding carboxylic acids is 2. The Balaban J connectivity index is 2.66. The van der Waals surface area contributed by atoms with Crippen LogP contribution in [-0.4, -0.2) is 28.7 Å². The molecule has 0 radical (unpaired) electrons. The largest absolute Gasteiger partial charge is 0.464 e. The number of rotatable bonds is 3. The molecule has 0 fully saturated rings. The molecule has 0 bridgehead atoms. The third-order valence-corrected chi connectivity index (χ3v) is 2.27. The number of hydrogen-bond acceptors (Lipinski definition) is 4. The lowest BCUT2D eigenvalue weighted by Crippen LogP contribution is -2.02. The van der Waals surface area contributed by atoms with E-state index >= 15 is 0 Å². The highest BCUT2D eigenvalue weighted by Gasteiger charge is 2.16. The number of hydrogen-bond donors (Lipinski definition) is 0. The first kappa shape index (κ1) is 10.4. The molecule has 0 aliphatic heterocycles. The number of imidazole rings is 1. The van der Waals surface area contributed by atoms with Gasteiger partial charge in [-0.2, -0.15) is 0 Å². The molecule has 0 spiro atoms. The number of methoxy groups -OCH3 is 1. The van der Waals surface area contributed by atoms with Gasteiger partial charge in [0.2, 0.25) is 0 Å². The molecular weight excluding hydrogens is 208 g/mol. The molecule has 5 heteroatoms. The Hall–Kier alpha value is -2.17. The molecule has 0 unspecified atom stereocenters. The number of ether oxygens (including phenoxy) is 1. The number of pyridine rings is 1. The zero-order chi connectivity index (χ0) is 11.5. The van der Waals surface area contributed by atoms with E-state index in [4.69, 9.17) is 0 Å². The smallest absolute Gasteiger partial charge is 0.358 e. The van der Waals surface area contributed by atoms with E-state index in [2.05, 4.69) is 9.72 Å². The third-order valence-electron chi connectivity index (χ3n) is 2.27. The second-order valence-electron chi connectivity index (χ2n) is 3.19. The van der Waals surface area contributed by atoms with Gasteiger partial charge in [0.1, 0.15) is 12.1 Å². The molecule has 0 N–H and O–H groups in total. The first-order chi connectivity index (χ1) is 7.77. The first-order valence-corrected chi connectivity index (χ1v) is 4.76. The van der Waals surface area contributed by atoms with Crippen molar-refractivity contribution in [1.29, 1.82) is 0 Å². The van der Waals surface area contributed by atoms with Gasteiger partial charge in [-0.15, -0.1) is 0 Å². The van der Waals surface area contributed by atoms with E-state index in [0.717, 1.165) is 6.29 Å². The monoisotopic (exact) mass is 218 g/mol. The maximum absolute atomic E-state index is 11.5. The van der Waals surface area contributed by atoms with Crippen LogP contribution in [0, 0.1) is 0 Å². The van der Waals surface area contributed by atoms with E-state index < -0.39 is 5.97 Å². The summed E-state index contributed by atoms with van der Waals surface area (Å²) in [6.45, 7) is 0. The highest BCUT2D eigenvalue weighted by atomic mass is 16.5. The van der Waals surface area contributed by atoms with Crippen molar-refractivity contribution in [3.05, 3.63) is 35.9 Å². The molecule has 0 saturated heterocycles. The van der Waals surface area contributed by atoms with Gasteiger partial charge in [0.15, 0.2) is 5.69 Å². The molecule has 0 atom stereocenters. The summed E-state index contributed by atoms with van der Waals surface area (Å²) in [7, 11) is 1.30. The second-order valence-corrected chi connectivity index (χ2v) is 3.19. The Morgan fingerprint density at radius 1 is 1.56 bits per heavy atom. The SMILES string of the molecule is COC(=O)c1nc(CC=O)n2ccccc12. The molecule has 2 heterocycles. The van der Waals surface area contributed by atoms with Gasteiger partial charge >= 0.3 is 5.97 Å². The Morgan fingerprint density at radius 2 is 2.38 bits per heavy atom. The van der Waals surface area contributed by atoms with Crippen molar-refractivity contribution in [2.24, 2.45) is 0 Å². The van der Waals surface area contributed by atoms with Crippen molar-refractivity contribution in [3.8, 4) is 0 Å². The number of nitrogens with zero attached hydrogens (tertiary/aromatic N) is 2. The number of esters is 1. The zero-order valence-electron chi connectivity index (χ0n) is 8.71. The number of carbonyl (C=O) groups is 2. The van der Waals surface area contributed by atoms with Gasteiger partial charge in [-0.1, -0.05) is 6.07 Å². The molecule has 82 valence electrons. The quantitative estimate of drug-likeness (QED) is 0.566. The van der Waals surface area contributed by atoms with Gasteiger partial charge in [-0.3, -0.25) is 0 Å². The molecular formula is C11H10N2O3. The predicted octanol–water partition coefficient (Wildman–Crippen LogP) is 0.862. The van der Waals surface area contributed by atoms with Gasteiger partial charge in [-0.05, 0) is 12.1 Å². The van der Waals surface area contributed by atoms with Crippen LogP contribution >= 0.6 is 0 Å². The number of aromatic nitrogens is 2.